The molecule has 36 heavy (non-hydrogen) atoms. The van der Waals surface area contributed by atoms with Crippen molar-refractivity contribution in [1.82, 2.24) is 20.3 Å². The van der Waals surface area contributed by atoms with Crippen LogP contribution in [0.5, 0.6) is 0 Å². The van der Waals surface area contributed by atoms with E-state index in [0.717, 1.165) is 10.8 Å². The Morgan fingerprint density at radius 2 is 1.75 bits per heavy atom. The first-order chi connectivity index (χ1) is 17.4. The zero-order chi connectivity index (χ0) is 25.2. The molecule has 1 amide bonds. The summed E-state index contributed by atoms with van der Waals surface area (Å²) in [6.45, 7) is 1.75. The first-order valence-corrected chi connectivity index (χ1v) is 11.1. The second-order valence-electron chi connectivity index (χ2n) is 8.33. The van der Waals surface area contributed by atoms with Gasteiger partial charge in [0, 0.05) is 34.8 Å². The summed E-state index contributed by atoms with van der Waals surface area (Å²) in [5.41, 5.74) is 2.15. The quantitative estimate of drug-likeness (QED) is 0.234. The molecule has 2 heterocycles. The third-order valence-electron chi connectivity index (χ3n) is 5.87. The van der Waals surface area contributed by atoms with Gasteiger partial charge in [-0.25, -0.2) is 9.37 Å². The Hall–Kier alpha value is -4.92. The number of imidazole rings is 1. The number of amides is 1. The van der Waals surface area contributed by atoms with Gasteiger partial charge in [0.25, 0.3) is 11.6 Å². The standard InChI is InChI=1S/C27H20FN5O3/c1-16(17-6-8-22(28)9-7-17)31-27(34)21-10-20(11-23(12-21)33(35)36)25-15-30-26(32-25)24-13-18-4-2-3-5-19(18)14-29-24/h2-16H,1H3,(H,30,32)(H,31,34)/t16-/m1/s1. The fourth-order valence-electron chi connectivity index (χ4n) is 3.93. The topological polar surface area (TPSA) is 114 Å². The number of benzene rings is 3. The Bertz CT molecular complexity index is 1600. The van der Waals surface area contributed by atoms with Crippen LogP contribution >= 0.6 is 0 Å². The molecule has 178 valence electrons. The molecule has 8 nitrogen and oxygen atoms in total. The van der Waals surface area contributed by atoms with E-state index in [4.69, 9.17) is 0 Å². The fourth-order valence-corrected chi connectivity index (χ4v) is 3.93. The minimum Gasteiger partial charge on any atom is -0.346 e. The van der Waals surface area contributed by atoms with Crippen LogP contribution in [-0.4, -0.2) is 25.8 Å². The highest BCUT2D eigenvalue weighted by Gasteiger charge is 2.19. The minimum absolute atomic E-state index is 0.119. The van der Waals surface area contributed by atoms with Crippen molar-refractivity contribution in [3.63, 3.8) is 0 Å². The SMILES string of the molecule is C[C@@H](NC(=O)c1cc(-c2cnc(-c3cc4ccccc4cn3)[nH]2)cc([N+](=O)[O-])c1)c1ccc(F)cc1. The molecule has 0 unspecified atom stereocenters. The Morgan fingerprint density at radius 3 is 2.50 bits per heavy atom. The van der Waals surface area contributed by atoms with Crippen LogP contribution in [0.15, 0.2) is 85.2 Å². The highest BCUT2D eigenvalue weighted by atomic mass is 19.1. The maximum Gasteiger partial charge on any atom is 0.270 e. The van der Waals surface area contributed by atoms with E-state index in [-0.39, 0.29) is 17.1 Å². The molecule has 0 aliphatic carbocycles. The van der Waals surface area contributed by atoms with E-state index < -0.39 is 16.9 Å². The van der Waals surface area contributed by atoms with Crippen molar-refractivity contribution in [1.29, 1.82) is 0 Å². The maximum absolute atomic E-state index is 13.2. The Kier molecular flexibility index (Phi) is 5.95. The van der Waals surface area contributed by atoms with E-state index in [1.807, 2.05) is 30.3 Å². The second-order valence-corrected chi connectivity index (χ2v) is 8.33. The first-order valence-electron chi connectivity index (χ1n) is 11.1. The van der Waals surface area contributed by atoms with Gasteiger partial charge in [-0.1, -0.05) is 36.4 Å². The van der Waals surface area contributed by atoms with E-state index >= 15 is 0 Å². The molecular weight excluding hydrogens is 461 g/mol. The number of H-pyrrole nitrogens is 1. The number of hydrogen-bond acceptors (Lipinski definition) is 5. The summed E-state index contributed by atoms with van der Waals surface area (Å²) in [6.07, 6.45) is 3.30. The van der Waals surface area contributed by atoms with Crippen LogP contribution in [0.1, 0.15) is 28.9 Å². The number of nitro groups is 1. The third-order valence-corrected chi connectivity index (χ3v) is 5.87. The zero-order valence-corrected chi connectivity index (χ0v) is 19.1. The molecule has 0 radical (unpaired) electrons. The largest absolute Gasteiger partial charge is 0.346 e. The van der Waals surface area contributed by atoms with E-state index in [1.54, 1.807) is 37.5 Å². The van der Waals surface area contributed by atoms with Crippen molar-refractivity contribution in [3.8, 4) is 22.8 Å². The van der Waals surface area contributed by atoms with Crippen LogP contribution in [0, 0.1) is 15.9 Å². The van der Waals surface area contributed by atoms with Crippen LogP contribution in [0.3, 0.4) is 0 Å². The number of carbonyl (C=O) groups excluding carboxylic acids is 1. The summed E-state index contributed by atoms with van der Waals surface area (Å²) in [7, 11) is 0. The van der Waals surface area contributed by atoms with Gasteiger partial charge in [-0.05, 0) is 42.1 Å². The molecule has 9 heteroatoms. The molecule has 0 fully saturated rings. The number of fused-ring (bicyclic) bond motifs is 1. The molecule has 5 rings (SSSR count). The molecule has 2 N–H and O–H groups in total. The number of halogens is 1. The van der Waals surface area contributed by atoms with Crippen molar-refractivity contribution in [3.05, 3.63) is 112 Å². The van der Waals surface area contributed by atoms with Crippen molar-refractivity contribution >= 4 is 22.4 Å². The number of nitro benzene ring substituents is 1. The predicted molar refractivity (Wildman–Crippen MR) is 134 cm³/mol. The highest BCUT2D eigenvalue weighted by Crippen LogP contribution is 2.28. The Morgan fingerprint density at radius 1 is 1.00 bits per heavy atom. The van der Waals surface area contributed by atoms with E-state index in [9.17, 15) is 19.3 Å². The molecule has 3 aromatic carbocycles. The number of hydrogen-bond donors (Lipinski definition) is 2. The summed E-state index contributed by atoms with van der Waals surface area (Å²) in [4.78, 5) is 36.0. The summed E-state index contributed by atoms with van der Waals surface area (Å²) < 4.78 is 13.2. The maximum atomic E-state index is 13.2. The molecule has 0 saturated heterocycles. The van der Waals surface area contributed by atoms with Crippen molar-refractivity contribution in [2.75, 3.05) is 0 Å². The molecule has 0 aliphatic rings. The summed E-state index contributed by atoms with van der Waals surface area (Å²) >= 11 is 0. The van der Waals surface area contributed by atoms with Crippen molar-refractivity contribution in [2.24, 2.45) is 0 Å². The van der Waals surface area contributed by atoms with Crippen LogP contribution in [-0.2, 0) is 0 Å². The Balaban J connectivity index is 1.45. The van der Waals surface area contributed by atoms with Gasteiger partial charge in [0.05, 0.1) is 22.9 Å². The van der Waals surface area contributed by atoms with Gasteiger partial charge in [-0.2, -0.15) is 0 Å². The second kappa shape index (κ2) is 9.38. The summed E-state index contributed by atoms with van der Waals surface area (Å²) in [5, 5.41) is 16.4. The molecule has 0 bridgehead atoms. The highest BCUT2D eigenvalue weighted by molar-refractivity contribution is 5.96. The number of pyridine rings is 1. The van der Waals surface area contributed by atoms with Gasteiger partial charge in [0.15, 0.2) is 5.82 Å². The number of nitrogens with zero attached hydrogens (tertiary/aromatic N) is 3. The van der Waals surface area contributed by atoms with Crippen LogP contribution in [0.25, 0.3) is 33.5 Å². The molecule has 0 aliphatic heterocycles. The van der Waals surface area contributed by atoms with Crippen LogP contribution in [0.4, 0.5) is 10.1 Å². The first kappa shape index (κ1) is 22.9. The molecule has 1 atom stereocenters. The zero-order valence-electron chi connectivity index (χ0n) is 19.1. The lowest BCUT2D eigenvalue weighted by atomic mass is 10.0. The van der Waals surface area contributed by atoms with Crippen molar-refractivity contribution < 1.29 is 14.1 Å². The number of carbonyl (C=O) groups is 1. The molecule has 2 aromatic heterocycles. The van der Waals surface area contributed by atoms with E-state index in [1.165, 1.54) is 24.3 Å². The lowest BCUT2D eigenvalue weighted by Crippen LogP contribution is -2.26. The normalized spacial score (nSPS) is 11.8. The predicted octanol–water partition coefficient (Wildman–Crippen LogP) is 5.83. The van der Waals surface area contributed by atoms with Gasteiger partial charge in [-0.3, -0.25) is 19.9 Å². The van der Waals surface area contributed by atoms with Crippen molar-refractivity contribution in [2.45, 2.75) is 13.0 Å². The lowest BCUT2D eigenvalue weighted by molar-refractivity contribution is -0.384. The number of aromatic amines is 1. The fraction of sp³-hybridized carbons (Fsp3) is 0.0741. The minimum atomic E-state index is -0.550. The molecule has 5 aromatic rings. The monoisotopic (exact) mass is 481 g/mol. The number of rotatable bonds is 6. The van der Waals surface area contributed by atoms with E-state index in [0.29, 0.717) is 28.3 Å². The Labute approximate surface area is 205 Å². The number of aromatic nitrogens is 3. The smallest absolute Gasteiger partial charge is 0.270 e. The lowest BCUT2D eigenvalue weighted by Gasteiger charge is -2.15. The average molecular weight is 481 g/mol. The van der Waals surface area contributed by atoms with Gasteiger partial charge < -0.3 is 10.3 Å². The molecule has 0 spiro atoms. The van der Waals surface area contributed by atoms with Crippen LogP contribution < -0.4 is 5.32 Å². The summed E-state index contributed by atoms with van der Waals surface area (Å²) in [5.74, 6) is -0.371. The number of non-ortho nitro benzene ring substituents is 1. The van der Waals surface area contributed by atoms with Gasteiger partial charge in [0.1, 0.15) is 11.5 Å². The van der Waals surface area contributed by atoms with E-state index in [2.05, 4.69) is 20.3 Å². The van der Waals surface area contributed by atoms with Gasteiger partial charge in [0.2, 0.25) is 0 Å². The van der Waals surface area contributed by atoms with Gasteiger partial charge >= 0.3 is 0 Å². The van der Waals surface area contributed by atoms with Gasteiger partial charge in [-0.15, -0.1) is 0 Å². The molecule has 0 saturated carbocycles. The van der Waals surface area contributed by atoms with Crippen LogP contribution in [0.2, 0.25) is 0 Å². The molecular formula is C27H20FN5O3. The number of nitrogens with one attached hydrogen (secondary N) is 2. The third kappa shape index (κ3) is 4.67. The summed E-state index contributed by atoms with van der Waals surface area (Å²) in [6, 6.07) is 19.2. The average Bonchev–Trinajstić information content (AvgIpc) is 3.39.